The van der Waals surface area contributed by atoms with Crippen LogP contribution in [0.4, 0.5) is 5.82 Å². The van der Waals surface area contributed by atoms with Gasteiger partial charge in [0.05, 0.1) is 11.1 Å². The third-order valence-electron chi connectivity index (χ3n) is 4.62. The number of rotatable bonds is 2. The maximum absolute atomic E-state index is 12.6. The van der Waals surface area contributed by atoms with E-state index in [-0.39, 0.29) is 5.91 Å². The van der Waals surface area contributed by atoms with E-state index in [1.165, 1.54) is 0 Å². The molecule has 0 unspecified atom stereocenters. The van der Waals surface area contributed by atoms with Crippen LogP contribution in [0.25, 0.3) is 0 Å². The van der Waals surface area contributed by atoms with Crippen LogP contribution in [0.1, 0.15) is 25.5 Å². The maximum atomic E-state index is 12.6. The number of carbonyl (C=O) groups excluding carboxylic acids is 1. The Balaban J connectivity index is 1.65. The largest absolute Gasteiger partial charge is 0.353 e. The summed E-state index contributed by atoms with van der Waals surface area (Å²) in [6.07, 6.45) is 1.43. The molecule has 1 amide bonds. The molecule has 1 saturated carbocycles. The predicted molar refractivity (Wildman–Crippen MR) is 87.3 cm³/mol. The summed E-state index contributed by atoms with van der Waals surface area (Å²) in [7, 11) is 0. The number of anilines is 1. The van der Waals surface area contributed by atoms with Crippen LogP contribution >= 0.6 is 23.2 Å². The van der Waals surface area contributed by atoms with E-state index in [0.717, 1.165) is 37.6 Å². The number of carbonyl (C=O) groups is 1. The molecule has 1 aliphatic carbocycles. The Kier molecular flexibility index (Phi) is 3.98. The first kappa shape index (κ1) is 15.8. The summed E-state index contributed by atoms with van der Waals surface area (Å²) in [5, 5.41) is 8.33. The number of nitrogens with zero attached hydrogens (tertiary/aromatic N) is 4. The molecule has 0 N–H and O–H groups in total. The van der Waals surface area contributed by atoms with Gasteiger partial charge in [-0.3, -0.25) is 4.79 Å². The standard InChI is InChI=1S/C15H20Cl2N4O/c1-11-4-5-12(19-18-11)20-6-3-7-21(9-8-20)13(22)14(2)10-15(14,16)17/h4-5H,3,6-10H2,1-2H3/t14-/m0/s1. The average Bonchev–Trinajstić information content (AvgIpc) is 3.09. The van der Waals surface area contributed by atoms with Gasteiger partial charge < -0.3 is 9.80 Å². The van der Waals surface area contributed by atoms with Crippen LogP contribution in [0.5, 0.6) is 0 Å². The Hall–Kier alpha value is -1.07. The van der Waals surface area contributed by atoms with Crippen molar-refractivity contribution in [3.05, 3.63) is 17.8 Å². The average molecular weight is 343 g/mol. The first-order valence-corrected chi connectivity index (χ1v) is 8.32. The van der Waals surface area contributed by atoms with E-state index in [2.05, 4.69) is 15.1 Å². The molecule has 5 nitrogen and oxygen atoms in total. The van der Waals surface area contributed by atoms with Crippen molar-refractivity contribution in [1.29, 1.82) is 0 Å². The summed E-state index contributed by atoms with van der Waals surface area (Å²) in [5.74, 6) is 0.927. The Morgan fingerprint density at radius 2 is 1.91 bits per heavy atom. The summed E-state index contributed by atoms with van der Waals surface area (Å²) in [5.41, 5.74) is 0.271. The number of amides is 1. The third-order valence-corrected chi connectivity index (χ3v) is 5.72. The van der Waals surface area contributed by atoms with Crippen molar-refractivity contribution >= 4 is 34.9 Å². The normalized spacial score (nSPS) is 27.5. The first-order chi connectivity index (χ1) is 10.3. The minimum Gasteiger partial charge on any atom is -0.353 e. The van der Waals surface area contributed by atoms with Gasteiger partial charge >= 0.3 is 0 Å². The van der Waals surface area contributed by atoms with Crippen molar-refractivity contribution < 1.29 is 4.79 Å². The Morgan fingerprint density at radius 1 is 1.18 bits per heavy atom. The van der Waals surface area contributed by atoms with Gasteiger partial charge in [0.2, 0.25) is 5.91 Å². The molecule has 2 aliphatic rings. The number of alkyl halides is 2. The molecule has 120 valence electrons. The molecule has 22 heavy (non-hydrogen) atoms. The fourth-order valence-electron chi connectivity index (χ4n) is 2.89. The van der Waals surface area contributed by atoms with Crippen LogP contribution in [-0.4, -0.2) is 51.5 Å². The highest BCUT2D eigenvalue weighted by Gasteiger charge is 2.68. The SMILES string of the molecule is Cc1ccc(N2CCCN(C(=O)[C@]3(C)CC3(Cl)Cl)CC2)nn1. The molecule has 1 aromatic rings. The summed E-state index contributed by atoms with van der Waals surface area (Å²) in [4.78, 5) is 16.7. The second kappa shape index (κ2) is 5.53. The lowest BCUT2D eigenvalue weighted by Crippen LogP contribution is -2.40. The van der Waals surface area contributed by atoms with Crippen molar-refractivity contribution in [2.75, 3.05) is 31.1 Å². The molecule has 7 heteroatoms. The first-order valence-electron chi connectivity index (χ1n) is 7.56. The van der Waals surface area contributed by atoms with Crippen molar-refractivity contribution in [3.63, 3.8) is 0 Å². The topological polar surface area (TPSA) is 49.3 Å². The fourth-order valence-corrected chi connectivity index (χ4v) is 3.59. The minimum atomic E-state index is -0.904. The van der Waals surface area contributed by atoms with Crippen molar-refractivity contribution in [1.82, 2.24) is 15.1 Å². The summed E-state index contributed by atoms with van der Waals surface area (Å²) < 4.78 is -0.904. The van der Waals surface area contributed by atoms with E-state index in [9.17, 15) is 4.79 Å². The molecule has 1 saturated heterocycles. The highest BCUT2D eigenvalue weighted by atomic mass is 35.5. The van der Waals surface area contributed by atoms with Gasteiger partial charge in [-0.15, -0.1) is 28.3 Å². The van der Waals surface area contributed by atoms with Gasteiger partial charge in [0.25, 0.3) is 0 Å². The zero-order valence-corrected chi connectivity index (χ0v) is 14.4. The molecule has 0 aromatic carbocycles. The van der Waals surface area contributed by atoms with Gasteiger partial charge in [-0.1, -0.05) is 0 Å². The molecule has 1 aromatic heterocycles. The van der Waals surface area contributed by atoms with Crippen LogP contribution in [0, 0.1) is 12.3 Å². The molecule has 2 heterocycles. The van der Waals surface area contributed by atoms with Crippen molar-refractivity contribution in [2.45, 2.75) is 31.0 Å². The van der Waals surface area contributed by atoms with Gasteiger partial charge in [0, 0.05) is 26.2 Å². The highest BCUT2D eigenvalue weighted by Crippen LogP contribution is 2.64. The quantitative estimate of drug-likeness (QED) is 0.774. The number of hydrogen-bond acceptors (Lipinski definition) is 4. The molecule has 3 rings (SSSR count). The molecule has 0 spiro atoms. The van der Waals surface area contributed by atoms with Gasteiger partial charge in [-0.05, 0) is 38.8 Å². The Labute approximate surface area is 140 Å². The second-order valence-corrected chi connectivity index (χ2v) is 7.86. The van der Waals surface area contributed by atoms with Gasteiger partial charge in [-0.2, -0.15) is 5.10 Å². The van der Waals surface area contributed by atoms with Crippen molar-refractivity contribution in [3.8, 4) is 0 Å². The smallest absolute Gasteiger partial charge is 0.231 e. The van der Waals surface area contributed by atoms with E-state index in [4.69, 9.17) is 23.2 Å². The minimum absolute atomic E-state index is 0.0642. The maximum Gasteiger partial charge on any atom is 0.231 e. The Bertz CT molecular complexity index is 577. The molecular weight excluding hydrogens is 323 g/mol. The van der Waals surface area contributed by atoms with Crippen molar-refractivity contribution in [2.24, 2.45) is 5.41 Å². The van der Waals surface area contributed by atoms with E-state index in [1.807, 2.05) is 30.9 Å². The molecular formula is C15H20Cl2N4O. The lowest BCUT2D eigenvalue weighted by Gasteiger charge is -2.25. The van der Waals surface area contributed by atoms with Crippen LogP contribution in [-0.2, 0) is 4.79 Å². The highest BCUT2D eigenvalue weighted by molar-refractivity contribution is 6.53. The molecule has 2 fully saturated rings. The Morgan fingerprint density at radius 3 is 2.50 bits per heavy atom. The molecule has 0 bridgehead atoms. The third kappa shape index (κ3) is 2.76. The van der Waals surface area contributed by atoms with E-state index in [1.54, 1.807) is 0 Å². The lowest BCUT2D eigenvalue weighted by atomic mass is 10.1. The van der Waals surface area contributed by atoms with E-state index in [0.29, 0.717) is 13.0 Å². The second-order valence-electron chi connectivity index (χ2n) is 6.38. The van der Waals surface area contributed by atoms with Gasteiger partial charge in [-0.25, -0.2) is 0 Å². The van der Waals surface area contributed by atoms with Crippen LogP contribution in [0.2, 0.25) is 0 Å². The monoisotopic (exact) mass is 342 g/mol. The lowest BCUT2D eigenvalue weighted by molar-refractivity contribution is -0.136. The van der Waals surface area contributed by atoms with Gasteiger partial charge in [0.1, 0.15) is 4.33 Å². The molecule has 1 aliphatic heterocycles. The number of aromatic nitrogens is 2. The fraction of sp³-hybridized carbons (Fsp3) is 0.667. The van der Waals surface area contributed by atoms with Crippen LogP contribution in [0.15, 0.2) is 12.1 Å². The van der Waals surface area contributed by atoms with Crippen LogP contribution in [0.3, 0.4) is 0 Å². The number of halogens is 2. The van der Waals surface area contributed by atoms with E-state index < -0.39 is 9.75 Å². The number of aryl methyl sites for hydroxylation is 1. The predicted octanol–water partition coefficient (Wildman–Crippen LogP) is 2.41. The van der Waals surface area contributed by atoms with Gasteiger partial charge in [0.15, 0.2) is 5.82 Å². The number of hydrogen-bond donors (Lipinski definition) is 0. The van der Waals surface area contributed by atoms with Crippen LogP contribution < -0.4 is 4.90 Å². The van der Waals surface area contributed by atoms with E-state index >= 15 is 0 Å². The zero-order chi connectivity index (χ0) is 16.0. The molecule has 1 atom stereocenters. The zero-order valence-electron chi connectivity index (χ0n) is 12.9. The summed E-state index contributed by atoms with van der Waals surface area (Å²) >= 11 is 12.3. The molecule has 0 radical (unpaired) electrons. The summed E-state index contributed by atoms with van der Waals surface area (Å²) in [6.45, 7) is 6.77. The summed E-state index contributed by atoms with van der Waals surface area (Å²) in [6, 6.07) is 3.93.